The number of carboxylic acids is 1. The SMILES string of the molecule is C=C(C)C[C@@](O)(C(=O)O)C(F)F. The number of halogens is 2. The Hall–Kier alpha value is -0.970. The van der Waals surface area contributed by atoms with Gasteiger partial charge >= 0.3 is 5.97 Å². The molecule has 0 aromatic heterocycles. The predicted octanol–water partition coefficient (Wildman–Crippen LogP) is 1.03. The zero-order valence-corrected chi connectivity index (χ0v) is 6.55. The minimum Gasteiger partial charge on any atom is -0.479 e. The van der Waals surface area contributed by atoms with Crippen LogP contribution in [-0.2, 0) is 4.79 Å². The fourth-order valence-corrected chi connectivity index (χ4v) is 0.706. The minimum atomic E-state index is -3.31. The molecule has 2 N–H and O–H groups in total. The summed E-state index contributed by atoms with van der Waals surface area (Å²) in [4.78, 5) is 10.2. The molecule has 3 nitrogen and oxygen atoms in total. The lowest BCUT2D eigenvalue weighted by atomic mass is 9.97. The van der Waals surface area contributed by atoms with E-state index >= 15 is 0 Å². The van der Waals surface area contributed by atoms with Gasteiger partial charge in [0.2, 0.25) is 5.60 Å². The Balaban J connectivity index is 4.62. The van der Waals surface area contributed by atoms with E-state index in [0.717, 1.165) is 0 Å². The average Bonchev–Trinajstić information content (AvgIpc) is 1.84. The molecule has 0 aliphatic carbocycles. The number of aliphatic carboxylic acids is 1. The van der Waals surface area contributed by atoms with Crippen molar-refractivity contribution in [2.24, 2.45) is 0 Å². The summed E-state index contributed by atoms with van der Waals surface area (Å²) in [5, 5.41) is 17.2. The van der Waals surface area contributed by atoms with Gasteiger partial charge in [-0.3, -0.25) is 0 Å². The first kappa shape index (κ1) is 11.0. The van der Waals surface area contributed by atoms with Crippen molar-refractivity contribution in [3.8, 4) is 0 Å². The van der Waals surface area contributed by atoms with Gasteiger partial charge in [-0.05, 0) is 6.92 Å². The van der Waals surface area contributed by atoms with Gasteiger partial charge in [0.15, 0.2) is 0 Å². The molecule has 12 heavy (non-hydrogen) atoms. The third kappa shape index (κ3) is 2.27. The van der Waals surface area contributed by atoms with Crippen LogP contribution in [0.2, 0.25) is 0 Å². The Kier molecular flexibility index (Phi) is 3.33. The smallest absolute Gasteiger partial charge is 0.342 e. The quantitative estimate of drug-likeness (QED) is 0.635. The molecule has 0 radical (unpaired) electrons. The Morgan fingerprint density at radius 1 is 1.67 bits per heavy atom. The molecule has 70 valence electrons. The average molecular weight is 180 g/mol. The van der Waals surface area contributed by atoms with Crippen LogP contribution in [0.15, 0.2) is 12.2 Å². The van der Waals surface area contributed by atoms with E-state index in [1.165, 1.54) is 6.92 Å². The van der Waals surface area contributed by atoms with E-state index in [9.17, 15) is 13.6 Å². The molecule has 0 heterocycles. The van der Waals surface area contributed by atoms with E-state index in [1.807, 2.05) is 0 Å². The van der Waals surface area contributed by atoms with Crippen molar-refractivity contribution in [1.29, 1.82) is 0 Å². The van der Waals surface area contributed by atoms with Crippen molar-refractivity contribution < 1.29 is 23.8 Å². The Labute approximate surface area is 68.3 Å². The first-order valence-electron chi connectivity index (χ1n) is 3.19. The number of alkyl halides is 2. The number of aliphatic hydroxyl groups is 1. The second kappa shape index (κ2) is 3.62. The summed E-state index contributed by atoms with van der Waals surface area (Å²) in [7, 11) is 0. The Bertz CT molecular complexity index is 203. The number of hydrogen-bond acceptors (Lipinski definition) is 2. The molecule has 0 aromatic carbocycles. The standard InChI is InChI=1S/C7H10F2O3/c1-4(2)3-7(12,5(8)9)6(10)11/h5,12H,1,3H2,2H3,(H,10,11)/t7-/m0/s1. The minimum absolute atomic E-state index is 0.195. The first-order valence-corrected chi connectivity index (χ1v) is 3.19. The predicted molar refractivity (Wildman–Crippen MR) is 38.0 cm³/mol. The molecule has 0 aliphatic heterocycles. The molecule has 1 atom stereocenters. The van der Waals surface area contributed by atoms with Crippen LogP contribution in [0, 0.1) is 0 Å². The number of hydrogen-bond donors (Lipinski definition) is 2. The van der Waals surface area contributed by atoms with E-state index in [4.69, 9.17) is 10.2 Å². The molecular formula is C7H10F2O3. The summed E-state index contributed by atoms with van der Waals surface area (Å²) >= 11 is 0. The zero-order valence-electron chi connectivity index (χ0n) is 6.55. The number of carbonyl (C=O) groups is 1. The largest absolute Gasteiger partial charge is 0.479 e. The van der Waals surface area contributed by atoms with Crippen molar-refractivity contribution in [2.45, 2.75) is 25.4 Å². The lowest BCUT2D eigenvalue weighted by Gasteiger charge is -2.21. The van der Waals surface area contributed by atoms with Gasteiger partial charge in [0.1, 0.15) is 0 Å². The van der Waals surface area contributed by atoms with Crippen molar-refractivity contribution in [1.82, 2.24) is 0 Å². The topological polar surface area (TPSA) is 57.5 Å². The molecule has 0 unspecified atom stereocenters. The maximum atomic E-state index is 12.0. The summed E-state index contributed by atoms with van der Waals surface area (Å²) in [5.74, 6) is -1.93. The second-order valence-electron chi connectivity index (χ2n) is 2.66. The molecule has 0 aromatic rings. The summed E-state index contributed by atoms with van der Waals surface area (Å²) < 4.78 is 24.0. The third-order valence-corrected chi connectivity index (χ3v) is 1.30. The van der Waals surface area contributed by atoms with E-state index in [-0.39, 0.29) is 5.57 Å². The van der Waals surface area contributed by atoms with Gasteiger partial charge in [0, 0.05) is 6.42 Å². The van der Waals surface area contributed by atoms with Crippen LogP contribution < -0.4 is 0 Å². The Morgan fingerprint density at radius 2 is 2.08 bits per heavy atom. The van der Waals surface area contributed by atoms with Crippen molar-refractivity contribution in [3.63, 3.8) is 0 Å². The highest BCUT2D eigenvalue weighted by molar-refractivity contribution is 5.78. The van der Waals surface area contributed by atoms with Gasteiger partial charge in [0.05, 0.1) is 0 Å². The summed E-state index contributed by atoms with van der Waals surface area (Å²) in [6, 6.07) is 0. The van der Waals surface area contributed by atoms with Crippen LogP contribution in [0.5, 0.6) is 0 Å². The van der Waals surface area contributed by atoms with Crippen molar-refractivity contribution >= 4 is 5.97 Å². The zero-order chi connectivity index (χ0) is 9.94. The van der Waals surface area contributed by atoms with Crippen LogP contribution in [-0.4, -0.2) is 28.2 Å². The van der Waals surface area contributed by atoms with Gasteiger partial charge in [-0.15, -0.1) is 6.58 Å². The molecule has 0 aliphatic rings. The van der Waals surface area contributed by atoms with E-state index in [0.29, 0.717) is 0 Å². The Morgan fingerprint density at radius 3 is 2.17 bits per heavy atom. The second-order valence-corrected chi connectivity index (χ2v) is 2.66. The molecule has 0 fully saturated rings. The summed E-state index contributed by atoms with van der Waals surface area (Å²) in [6.45, 7) is 4.62. The maximum Gasteiger partial charge on any atom is 0.342 e. The van der Waals surface area contributed by atoms with Crippen LogP contribution in [0.4, 0.5) is 8.78 Å². The highest BCUT2D eigenvalue weighted by Gasteiger charge is 2.45. The van der Waals surface area contributed by atoms with Crippen LogP contribution in [0.3, 0.4) is 0 Å². The molecule has 0 amide bonds. The fraction of sp³-hybridized carbons (Fsp3) is 0.571. The number of carboxylic acid groups (broad SMARTS) is 1. The normalized spacial score (nSPS) is 15.8. The molecule has 0 saturated carbocycles. The van der Waals surface area contributed by atoms with Gasteiger partial charge < -0.3 is 10.2 Å². The molecule has 0 rings (SSSR count). The fourth-order valence-electron chi connectivity index (χ4n) is 0.706. The van der Waals surface area contributed by atoms with Gasteiger partial charge in [-0.25, -0.2) is 13.6 Å². The van der Waals surface area contributed by atoms with E-state index in [2.05, 4.69) is 6.58 Å². The molecule has 0 bridgehead atoms. The van der Waals surface area contributed by atoms with Crippen molar-refractivity contribution in [2.75, 3.05) is 0 Å². The lowest BCUT2D eigenvalue weighted by Crippen LogP contribution is -2.45. The van der Waals surface area contributed by atoms with Gasteiger partial charge in [-0.2, -0.15) is 0 Å². The monoisotopic (exact) mass is 180 g/mol. The first-order chi connectivity index (χ1) is 5.30. The van der Waals surface area contributed by atoms with Crippen LogP contribution in [0.25, 0.3) is 0 Å². The molecule has 0 saturated heterocycles. The van der Waals surface area contributed by atoms with E-state index < -0.39 is 24.4 Å². The van der Waals surface area contributed by atoms with Gasteiger partial charge in [0.25, 0.3) is 6.43 Å². The summed E-state index contributed by atoms with van der Waals surface area (Å²) in [6.07, 6.45) is -3.95. The van der Waals surface area contributed by atoms with Crippen LogP contribution in [0.1, 0.15) is 13.3 Å². The summed E-state index contributed by atoms with van der Waals surface area (Å²) in [5.41, 5.74) is -2.80. The lowest BCUT2D eigenvalue weighted by molar-refractivity contribution is -0.176. The van der Waals surface area contributed by atoms with Crippen molar-refractivity contribution in [3.05, 3.63) is 12.2 Å². The van der Waals surface area contributed by atoms with Crippen LogP contribution >= 0.6 is 0 Å². The highest BCUT2D eigenvalue weighted by atomic mass is 19.3. The molecule has 5 heteroatoms. The maximum absolute atomic E-state index is 12.0. The third-order valence-electron chi connectivity index (χ3n) is 1.30. The van der Waals surface area contributed by atoms with Gasteiger partial charge in [-0.1, -0.05) is 5.57 Å². The highest BCUT2D eigenvalue weighted by Crippen LogP contribution is 2.23. The molecular weight excluding hydrogens is 170 g/mol. The molecule has 0 spiro atoms. The van der Waals surface area contributed by atoms with E-state index in [1.54, 1.807) is 0 Å². The number of rotatable bonds is 4.